The van der Waals surface area contributed by atoms with E-state index in [1.807, 2.05) is 20.8 Å². The normalized spacial score (nSPS) is 35.9. The van der Waals surface area contributed by atoms with E-state index in [0.29, 0.717) is 19.6 Å². The van der Waals surface area contributed by atoms with Crippen LogP contribution in [0.25, 0.3) is 0 Å². The molecule has 1 saturated carbocycles. The van der Waals surface area contributed by atoms with Crippen molar-refractivity contribution in [3.8, 4) is 0 Å². The summed E-state index contributed by atoms with van der Waals surface area (Å²) in [5.74, 6) is -0.0733. The molecule has 6 heteroatoms. The summed E-state index contributed by atoms with van der Waals surface area (Å²) in [4.78, 5) is 15.2. The summed E-state index contributed by atoms with van der Waals surface area (Å²) in [7, 11) is 0. The second-order valence-electron chi connectivity index (χ2n) is 9.00. The average molecular weight is 356 g/mol. The van der Waals surface area contributed by atoms with E-state index < -0.39 is 5.54 Å². The van der Waals surface area contributed by atoms with Gasteiger partial charge in [-0.15, -0.1) is 0 Å². The first-order valence-electron chi connectivity index (χ1n) is 9.53. The molecular formula is C19H37N3O3. The summed E-state index contributed by atoms with van der Waals surface area (Å²) in [5, 5.41) is 3.11. The van der Waals surface area contributed by atoms with Crippen LogP contribution >= 0.6 is 0 Å². The minimum atomic E-state index is -0.867. The van der Waals surface area contributed by atoms with E-state index in [1.165, 1.54) is 0 Å². The highest BCUT2D eigenvalue weighted by Crippen LogP contribution is 2.49. The van der Waals surface area contributed by atoms with Crippen molar-refractivity contribution in [3.05, 3.63) is 0 Å². The van der Waals surface area contributed by atoms with Gasteiger partial charge in [-0.05, 0) is 34.6 Å². The molecule has 0 aromatic rings. The maximum Gasteiger partial charge on any atom is 0.240 e. The number of carbonyl (C=O) groups excluding carboxylic acids is 1. The Kier molecular flexibility index (Phi) is 5.89. The van der Waals surface area contributed by atoms with Crippen LogP contribution < -0.4 is 11.1 Å². The average Bonchev–Trinajstić information content (AvgIpc) is 2.51. The molecule has 1 aliphatic heterocycles. The number of amides is 1. The second kappa shape index (κ2) is 7.14. The molecule has 1 amide bonds. The van der Waals surface area contributed by atoms with E-state index in [1.54, 1.807) is 0 Å². The number of nitrogens with one attached hydrogen (secondary N) is 1. The first-order valence-corrected chi connectivity index (χ1v) is 9.53. The molecule has 146 valence electrons. The van der Waals surface area contributed by atoms with Gasteiger partial charge in [-0.25, -0.2) is 0 Å². The molecular weight excluding hydrogens is 318 g/mol. The highest BCUT2D eigenvalue weighted by Gasteiger charge is 2.62. The topological polar surface area (TPSA) is 76.8 Å². The Morgan fingerprint density at radius 3 is 2.36 bits per heavy atom. The van der Waals surface area contributed by atoms with Crippen LogP contribution in [0.5, 0.6) is 0 Å². The van der Waals surface area contributed by atoms with Crippen LogP contribution in [-0.4, -0.2) is 66.4 Å². The van der Waals surface area contributed by atoms with E-state index in [0.717, 1.165) is 13.1 Å². The molecule has 1 saturated heterocycles. The Morgan fingerprint density at radius 2 is 1.88 bits per heavy atom. The highest BCUT2D eigenvalue weighted by molar-refractivity contribution is 5.88. The fraction of sp³-hybridized carbons (Fsp3) is 0.947. The van der Waals surface area contributed by atoms with Gasteiger partial charge in [-0.1, -0.05) is 13.8 Å². The van der Waals surface area contributed by atoms with Crippen LogP contribution in [-0.2, 0) is 14.3 Å². The number of nitrogens with zero attached hydrogens (tertiary/aromatic N) is 1. The van der Waals surface area contributed by atoms with Crippen LogP contribution in [0.15, 0.2) is 0 Å². The molecule has 2 aliphatic rings. The van der Waals surface area contributed by atoms with Crippen molar-refractivity contribution in [2.24, 2.45) is 11.1 Å². The Morgan fingerprint density at radius 1 is 1.32 bits per heavy atom. The second-order valence-corrected chi connectivity index (χ2v) is 9.00. The first kappa shape index (κ1) is 20.6. The van der Waals surface area contributed by atoms with Crippen molar-refractivity contribution in [1.29, 1.82) is 0 Å². The Balaban J connectivity index is 1.95. The Hall–Kier alpha value is -0.690. The van der Waals surface area contributed by atoms with Gasteiger partial charge in [-0.2, -0.15) is 0 Å². The number of hydrogen-bond donors (Lipinski definition) is 2. The van der Waals surface area contributed by atoms with Gasteiger partial charge < -0.3 is 20.5 Å². The third kappa shape index (κ3) is 3.87. The summed E-state index contributed by atoms with van der Waals surface area (Å²) in [5.41, 5.74) is 5.10. The molecule has 4 atom stereocenters. The summed E-state index contributed by atoms with van der Waals surface area (Å²) in [6.45, 7) is 17.5. The van der Waals surface area contributed by atoms with Crippen LogP contribution in [0.1, 0.15) is 54.9 Å². The van der Waals surface area contributed by atoms with Crippen molar-refractivity contribution in [2.45, 2.75) is 84.3 Å². The van der Waals surface area contributed by atoms with Gasteiger partial charge in [-0.3, -0.25) is 9.69 Å². The summed E-state index contributed by atoms with van der Waals surface area (Å²) >= 11 is 0. The minimum absolute atomic E-state index is 0.0437. The van der Waals surface area contributed by atoms with Gasteiger partial charge in [0.2, 0.25) is 5.91 Å². The van der Waals surface area contributed by atoms with Gasteiger partial charge >= 0.3 is 0 Å². The monoisotopic (exact) mass is 355 g/mol. The largest absolute Gasteiger partial charge is 0.378 e. The van der Waals surface area contributed by atoms with E-state index in [-0.39, 0.29) is 35.2 Å². The maximum atomic E-state index is 12.8. The summed E-state index contributed by atoms with van der Waals surface area (Å²) < 4.78 is 11.5. The highest BCUT2D eigenvalue weighted by atomic mass is 16.5. The van der Waals surface area contributed by atoms with Gasteiger partial charge in [0.15, 0.2) is 0 Å². The lowest BCUT2D eigenvalue weighted by Gasteiger charge is -2.57. The number of hydrogen-bond acceptors (Lipinski definition) is 5. The van der Waals surface area contributed by atoms with Gasteiger partial charge in [0.1, 0.15) is 5.54 Å². The van der Waals surface area contributed by atoms with E-state index in [4.69, 9.17) is 15.2 Å². The van der Waals surface area contributed by atoms with Crippen LogP contribution in [0, 0.1) is 5.41 Å². The number of carbonyl (C=O) groups is 1. The van der Waals surface area contributed by atoms with Crippen molar-refractivity contribution < 1.29 is 14.3 Å². The first-order chi connectivity index (χ1) is 11.4. The molecule has 2 fully saturated rings. The molecule has 0 bridgehead atoms. The van der Waals surface area contributed by atoms with E-state index >= 15 is 0 Å². The van der Waals surface area contributed by atoms with E-state index in [2.05, 4.69) is 37.9 Å². The van der Waals surface area contributed by atoms with Gasteiger partial charge in [0, 0.05) is 43.6 Å². The Bertz CT molecular complexity index is 484. The number of rotatable bonds is 6. The standard InChI is InChI=1S/C19H37N3O3/c1-8-24-15-9-19(20,18(15,6)7)16(23)21-12-17(4,5)22-10-13(2)25-14(3)11-22/h13-15H,8-12,20H2,1-7H3,(H,21,23). The van der Waals surface area contributed by atoms with Crippen LogP contribution in [0.2, 0.25) is 0 Å². The fourth-order valence-corrected chi connectivity index (χ4v) is 4.06. The van der Waals surface area contributed by atoms with Crippen molar-refractivity contribution in [3.63, 3.8) is 0 Å². The summed E-state index contributed by atoms with van der Waals surface area (Å²) in [6, 6.07) is 0. The lowest BCUT2D eigenvalue weighted by atomic mass is 9.54. The zero-order chi connectivity index (χ0) is 19.0. The summed E-state index contributed by atoms with van der Waals surface area (Å²) in [6.07, 6.45) is 1.03. The van der Waals surface area contributed by atoms with Crippen molar-refractivity contribution in [1.82, 2.24) is 10.2 Å². The number of morpholine rings is 1. The maximum absolute atomic E-state index is 12.8. The molecule has 0 aromatic heterocycles. The molecule has 2 rings (SSSR count). The molecule has 1 heterocycles. The molecule has 0 aromatic carbocycles. The predicted octanol–water partition coefficient (Wildman–Crippen LogP) is 1.52. The zero-order valence-electron chi connectivity index (χ0n) is 17.0. The lowest BCUT2D eigenvalue weighted by Crippen LogP contribution is -2.76. The molecule has 4 unspecified atom stereocenters. The van der Waals surface area contributed by atoms with Crippen molar-refractivity contribution in [2.75, 3.05) is 26.2 Å². The quantitative estimate of drug-likeness (QED) is 0.755. The van der Waals surface area contributed by atoms with Crippen LogP contribution in [0.3, 0.4) is 0 Å². The number of ether oxygens (including phenoxy) is 2. The molecule has 1 aliphatic carbocycles. The fourth-order valence-electron chi connectivity index (χ4n) is 4.06. The lowest BCUT2D eigenvalue weighted by molar-refractivity contribution is -0.171. The van der Waals surface area contributed by atoms with Gasteiger partial charge in [0.05, 0.1) is 18.3 Å². The SMILES string of the molecule is CCOC1CC(N)(C(=O)NCC(C)(C)N2CC(C)OC(C)C2)C1(C)C. The van der Waals surface area contributed by atoms with Crippen molar-refractivity contribution >= 4 is 5.91 Å². The smallest absolute Gasteiger partial charge is 0.240 e. The minimum Gasteiger partial charge on any atom is -0.378 e. The Labute approximate surface area is 152 Å². The van der Waals surface area contributed by atoms with Crippen LogP contribution in [0.4, 0.5) is 0 Å². The van der Waals surface area contributed by atoms with E-state index in [9.17, 15) is 4.79 Å². The number of nitrogens with two attached hydrogens (primary N) is 1. The molecule has 0 spiro atoms. The third-order valence-corrected chi connectivity index (χ3v) is 6.19. The molecule has 0 radical (unpaired) electrons. The van der Waals surface area contributed by atoms with Gasteiger partial charge in [0.25, 0.3) is 0 Å². The zero-order valence-corrected chi connectivity index (χ0v) is 17.0. The molecule has 6 nitrogen and oxygen atoms in total. The molecule has 25 heavy (non-hydrogen) atoms. The predicted molar refractivity (Wildman–Crippen MR) is 99.4 cm³/mol. The molecule has 3 N–H and O–H groups in total. The third-order valence-electron chi connectivity index (χ3n) is 6.19.